The highest BCUT2D eigenvalue weighted by atomic mass is 32.2. The third-order valence-electron chi connectivity index (χ3n) is 6.22. The van der Waals surface area contributed by atoms with Gasteiger partial charge in [-0.05, 0) is 18.9 Å². The molecule has 3 aliphatic rings. The summed E-state index contributed by atoms with van der Waals surface area (Å²) >= 11 is 2.17. The molecule has 2 heterocycles. The first-order valence-corrected chi connectivity index (χ1v) is 11.2. The number of hydrogen-bond donors (Lipinski definition) is 1. The van der Waals surface area contributed by atoms with E-state index in [-0.39, 0.29) is 0 Å². The molecule has 27 heavy (non-hydrogen) atoms. The molecule has 1 unspecified atom stereocenters. The van der Waals surface area contributed by atoms with E-state index >= 15 is 0 Å². The van der Waals surface area contributed by atoms with E-state index < -0.39 is 0 Å². The quantitative estimate of drug-likeness (QED) is 0.805. The Kier molecular flexibility index (Phi) is 6.29. The lowest BCUT2D eigenvalue weighted by atomic mass is 10.0. The normalized spacial score (nSPS) is 25.4. The van der Waals surface area contributed by atoms with Gasteiger partial charge >= 0.3 is 0 Å². The molecule has 0 radical (unpaired) electrons. The molecule has 1 saturated carbocycles. The number of nitrogens with zero attached hydrogens (tertiary/aromatic N) is 2. The minimum Gasteiger partial charge on any atom is -0.496 e. The Labute approximate surface area is 168 Å². The average molecular weight is 386 g/mol. The highest BCUT2D eigenvalue weighted by molar-refractivity contribution is 8.00. The molecule has 3 fully saturated rings. The van der Waals surface area contributed by atoms with Gasteiger partial charge in [0.25, 0.3) is 0 Å². The Morgan fingerprint density at radius 2 is 2.00 bits per heavy atom. The van der Waals surface area contributed by atoms with Crippen molar-refractivity contribution in [3.8, 4) is 17.6 Å². The van der Waals surface area contributed by atoms with Gasteiger partial charge in [0.05, 0.1) is 31.1 Å². The van der Waals surface area contributed by atoms with E-state index in [1.54, 1.807) is 7.11 Å². The van der Waals surface area contributed by atoms with E-state index in [4.69, 9.17) is 4.74 Å². The van der Waals surface area contributed by atoms with Crippen molar-refractivity contribution in [3.63, 3.8) is 0 Å². The SMILES string of the molecule is COc1ccccc1C1CNCCN1CC#CCN1CCSC12CCCC2. The summed E-state index contributed by atoms with van der Waals surface area (Å²) in [4.78, 5) is 5.56. The molecule has 4 rings (SSSR count). The Hall–Kier alpha value is -1.19. The van der Waals surface area contributed by atoms with Gasteiger partial charge in [0.2, 0.25) is 0 Å². The van der Waals surface area contributed by atoms with Crippen LogP contribution in [0.3, 0.4) is 0 Å². The number of methoxy groups -OCH3 is 1. The molecule has 4 nitrogen and oxygen atoms in total. The van der Waals surface area contributed by atoms with Crippen LogP contribution < -0.4 is 10.1 Å². The second-order valence-corrected chi connectivity index (χ2v) is 9.17. The molecule has 0 amide bonds. The van der Waals surface area contributed by atoms with Crippen molar-refractivity contribution < 1.29 is 4.74 Å². The molecule has 0 aromatic heterocycles. The summed E-state index contributed by atoms with van der Waals surface area (Å²) in [6.07, 6.45) is 5.48. The Morgan fingerprint density at radius 1 is 1.19 bits per heavy atom. The Bertz CT molecular complexity index is 687. The van der Waals surface area contributed by atoms with Crippen molar-refractivity contribution in [2.24, 2.45) is 0 Å². The van der Waals surface area contributed by atoms with Crippen LogP contribution in [0.5, 0.6) is 5.75 Å². The number of rotatable bonds is 4. The number of benzene rings is 1. The molecule has 1 atom stereocenters. The van der Waals surface area contributed by atoms with Crippen molar-refractivity contribution >= 4 is 11.8 Å². The van der Waals surface area contributed by atoms with Crippen molar-refractivity contribution in [1.82, 2.24) is 15.1 Å². The van der Waals surface area contributed by atoms with Crippen LogP contribution >= 0.6 is 11.8 Å². The van der Waals surface area contributed by atoms with Gasteiger partial charge in [-0.25, -0.2) is 0 Å². The molecule has 146 valence electrons. The summed E-state index contributed by atoms with van der Waals surface area (Å²) in [5.74, 6) is 9.22. The topological polar surface area (TPSA) is 27.7 Å². The molecule has 1 N–H and O–H groups in total. The molecule has 0 bridgehead atoms. The fourth-order valence-electron chi connectivity index (χ4n) is 4.74. The fourth-order valence-corrected chi connectivity index (χ4v) is 6.35. The van der Waals surface area contributed by atoms with Crippen LogP contribution in [0.25, 0.3) is 0 Å². The third kappa shape index (κ3) is 4.14. The smallest absolute Gasteiger partial charge is 0.123 e. The molecule has 1 aromatic carbocycles. The first kappa shape index (κ1) is 19.1. The summed E-state index contributed by atoms with van der Waals surface area (Å²) in [6.45, 7) is 5.97. The minimum atomic E-state index is 0.327. The maximum absolute atomic E-state index is 5.59. The fraction of sp³-hybridized carbons (Fsp3) is 0.636. The highest BCUT2D eigenvalue weighted by Gasteiger charge is 2.43. The van der Waals surface area contributed by atoms with Gasteiger partial charge in [0, 0.05) is 37.5 Å². The zero-order chi connectivity index (χ0) is 18.5. The van der Waals surface area contributed by atoms with Gasteiger partial charge in [-0.2, -0.15) is 0 Å². The highest BCUT2D eigenvalue weighted by Crippen LogP contribution is 2.47. The van der Waals surface area contributed by atoms with E-state index in [9.17, 15) is 0 Å². The van der Waals surface area contributed by atoms with E-state index in [1.807, 2.05) is 6.07 Å². The van der Waals surface area contributed by atoms with Crippen LogP contribution in [-0.2, 0) is 0 Å². The van der Waals surface area contributed by atoms with Crippen molar-refractivity contribution in [2.75, 3.05) is 52.1 Å². The van der Waals surface area contributed by atoms with E-state index in [2.05, 4.69) is 56.9 Å². The first-order valence-electron chi connectivity index (χ1n) is 10.2. The number of ether oxygens (including phenoxy) is 1. The summed E-state index contributed by atoms with van der Waals surface area (Å²) in [5, 5.41) is 3.53. The van der Waals surface area contributed by atoms with Crippen LogP contribution in [0.4, 0.5) is 0 Å². The van der Waals surface area contributed by atoms with Crippen LogP contribution in [0.1, 0.15) is 37.3 Å². The maximum atomic E-state index is 5.59. The van der Waals surface area contributed by atoms with Gasteiger partial charge in [-0.1, -0.05) is 42.9 Å². The molecule has 1 aliphatic carbocycles. The van der Waals surface area contributed by atoms with Crippen LogP contribution in [0, 0.1) is 11.8 Å². The summed E-state index contributed by atoms with van der Waals surface area (Å²) in [5.41, 5.74) is 1.26. The van der Waals surface area contributed by atoms with E-state index in [0.717, 1.165) is 38.5 Å². The maximum Gasteiger partial charge on any atom is 0.123 e. The second-order valence-electron chi connectivity index (χ2n) is 7.71. The van der Waals surface area contributed by atoms with Gasteiger partial charge in [0.1, 0.15) is 5.75 Å². The van der Waals surface area contributed by atoms with Gasteiger partial charge in [-0.3, -0.25) is 9.80 Å². The predicted molar refractivity (Wildman–Crippen MR) is 113 cm³/mol. The van der Waals surface area contributed by atoms with Gasteiger partial charge in [-0.15, -0.1) is 11.8 Å². The van der Waals surface area contributed by atoms with Crippen molar-refractivity contribution in [2.45, 2.75) is 36.6 Å². The summed E-state index contributed by atoms with van der Waals surface area (Å²) < 4.78 is 5.59. The van der Waals surface area contributed by atoms with Crippen molar-refractivity contribution in [3.05, 3.63) is 29.8 Å². The molecule has 2 aliphatic heterocycles. The molecular weight excluding hydrogens is 354 g/mol. The van der Waals surface area contributed by atoms with E-state index in [0.29, 0.717) is 10.9 Å². The molecule has 1 spiro atoms. The first-order chi connectivity index (χ1) is 13.3. The van der Waals surface area contributed by atoms with E-state index in [1.165, 1.54) is 43.5 Å². The predicted octanol–water partition coefficient (Wildman–Crippen LogP) is 2.96. The number of para-hydroxylation sites is 1. The second kappa shape index (κ2) is 8.87. The van der Waals surface area contributed by atoms with Crippen LogP contribution in [-0.4, -0.2) is 66.8 Å². The number of hydrogen-bond acceptors (Lipinski definition) is 5. The van der Waals surface area contributed by atoms with Crippen molar-refractivity contribution in [1.29, 1.82) is 0 Å². The standard InChI is InChI=1S/C22H31N3OS/c1-26-21-9-3-2-8-19(21)20-18-23-12-15-24(20)13-6-7-14-25-16-17-27-22(25)10-4-5-11-22/h2-3,8-9,20,23H,4-5,10-18H2,1H3. The molecular formula is C22H31N3OS. The average Bonchev–Trinajstić information content (AvgIpc) is 3.36. The number of nitrogens with one attached hydrogen (secondary N) is 1. The third-order valence-corrected chi connectivity index (χ3v) is 7.81. The summed E-state index contributed by atoms with van der Waals surface area (Å²) in [7, 11) is 1.76. The number of piperazine rings is 1. The largest absolute Gasteiger partial charge is 0.496 e. The lowest BCUT2D eigenvalue weighted by Crippen LogP contribution is -2.46. The number of thioether (sulfide) groups is 1. The lowest BCUT2D eigenvalue weighted by Gasteiger charge is -2.36. The molecule has 2 saturated heterocycles. The molecule has 5 heteroatoms. The van der Waals surface area contributed by atoms with Crippen LogP contribution in [0.2, 0.25) is 0 Å². The zero-order valence-corrected chi connectivity index (χ0v) is 17.2. The lowest BCUT2D eigenvalue weighted by molar-refractivity contribution is 0.179. The Balaban J connectivity index is 1.39. The van der Waals surface area contributed by atoms with Gasteiger partial charge in [0.15, 0.2) is 0 Å². The van der Waals surface area contributed by atoms with Gasteiger partial charge < -0.3 is 10.1 Å². The summed E-state index contributed by atoms with van der Waals surface area (Å²) in [6, 6.07) is 8.70. The molecule has 1 aromatic rings. The monoisotopic (exact) mass is 385 g/mol. The Morgan fingerprint density at radius 3 is 2.85 bits per heavy atom. The zero-order valence-electron chi connectivity index (χ0n) is 16.4. The van der Waals surface area contributed by atoms with Crippen LogP contribution in [0.15, 0.2) is 24.3 Å². The minimum absolute atomic E-state index is 0.327.